The van der Waals surface area contributed by atoms with Crippen molar-refractivity contribution in [2.75, 3.05) is 6.79 Å². The van der Waals surface area contributed by atoms with Crippen molar-refractivity contribution in [2.45, 2.75) is 31.1 Å². The second-order valence-corrected chi connectivity index (χ2v) is 8.71. The molecule has 0 saturated carbocycles. The number of aromatic amines is 1. The van der Waals surface area contributed by atoms with Gasteiger partial charge in [-0.05, 0) is 49.9 Å². The van der Waals surface area contributed by atoms with Gasteiger partial charge in [0.1, 0.15) is 0 Å². The Hall–Kier alpha value is -3.00. The highest BCUT2D eigenvalue weighted by molar-refractivity contribution is 7.89. The van der Waals surface area contributed by atoms with E-state index in [2.05, 4.69) is 14.9 Å². The van der Waals surface area contributed by atoms with E-state index in [1.807, 2.05) is 19.1 Å². The summed E-state index contributed by atoms with van der Waals surface area (Å²) in [6.45, 7) is 2.15. The third-order valence-corrected chi connectivity index (χ3v) is 6.38. The molecule has 2 aromatic carbocycles. The number of fused-ring (bicyclic) bond motifs is 4. The molecule has 144 valence electrons. The number of rotatable bonds is 3. The molecule has 0 bridgehead atoms. The predicted octanol–water partition coefficient (Wildman–Crippen LogP) is 3.22. The summed E-state index contributed by atoms with van der Waals surface area (Å²) >= 11 is 0. The number of hydrogen-bond acceptors (Lipinski definition) is 5. The fraction of sp³-hybridized carbons (Fsp3) is 0.250. The summed E-state index contributed by atoms with van der Waals surface area (Å²) in [6, 6.07) is 10.6. The maximum atomic E-state index is 12.5. The summed E-state index contributed by atoms with van der Waals surface area (Å²) in [7, 11) is -3.71. The minimum absolute atomic E-state index is 0.195. The molecule has 1 aromatic heterocycles. The zero-order valence-corrected chi connectivity index (χ0v) is 16.1. The van der Waals surface area contributed by atoms with Crippen molar-refractivity contribution in [3.05, 3.63) is 53.2 Å². The molecule has 0 amide bonds. The summed E-state index contributed by atoms with van der Waals surface area (Å²) in [6.07, 6.45) is 2.50. The van der Waals surface area contributed by atoms with E-state index in [1.165, 1.54) is 0 Å². The van der Waals surface area contributed by atoms with Crippen LogP contribution in [0.15, 0.2) is 46.4 Å². The number of ether oxygens (including phenoxy) is 2. The van der Waals surface area contributed by atoms with E-state index < -0.39 is 10.0 Å². The van der Waals surface area contributed by atoms with Gasteiger partial charge in [-0.25, -0.2) is 0 Å². The zero-order valence-electron chi connectivity index (χ0n) is 15.3. The minimum Gasteiger partial charge on any atom is -0.454 e. The maximum Gasteiger partial charge on any atom is 0.276 e. The van der Waals surface area contributed by atoms with Crippen molar-refractivity contribution in [1.82, 2.24) is 9.82 Å². The standard InChI is InChI=1S/C20H19N3O4S/c1-12-5-7-13(8-6-12)28(24,25)23-22-16-4-2-3-14-15-9-18-19(27-11-26-18)10-17(15)21-20(14)16/h5-10,21,23H,2-4,11H2,1H3/b22-16-. The highest BCUT2D eigenvalue weighted by Crippen LogP contribution is 2.39. The molecule has 0 saturated heterocycles. The lowest BCUT2D eigenvalue weighted by Gasteiger charge is -2.14. The number of sulfonamides is 1. The number of nitrogens with zero attached hydrogens (tertiary/aromatic N) is 1. The molecule has 1 aliphatic heterocycles. The van der Waals surface area contributed by atoms with E-state index in [0.29, 0.717) is 17.9 Å². The van der Waals surface area contributed by atoms with Crippen molar-refractivity contribution in [3.8, 4) is 11.5 Å². The molecule has 7 nitrogen and oxygen atoms in total. The molecule has 8 heteroatoms. The molecular weight excluding hydrogens is 378 g/mol. The van der Waals surface area contributed by atoms with Crippen molar-refractivity contribution < 1.29 is 17.9 Å². The van der Waals surface area contributed by atoms with Gasteiger partial charge in [0.2, 0.25) is 6.79 Å². The highest BCUT2D eigenvalue weighted by atomic mass is 32.2. The van der Waals surface area contributed by atoms with Crippen molar-refractivity contribution >= 4 is 26.6 Å². The van der Waals surface area contributed by atoms with Crippen LogP contribution in [0, 0.1) is 6.92 Å². The van der Waals surface area contributed by atoms with Gasteiger partial charge < -0.3 is 14.5 Å². The normalized spacial score (nSPS) is 17.1. The maximum absolute atomic E-state index is 12.5. The van der Waals surface area contributed by atoms with Crippen LogP contribution in [-0.4, -0.2) is 25.9 Å². The van der Waals surface area contributed by atoms with E-state index >= 15 is 0 Å². The Labute approximate surface area is 162 Å². The number of hydrogen-bond donors (Lipinski definition) is 2. The summed E-state index contributed by atoms with van der Waals surface area (Å²) in [4.78, 5) is 5.96. The summed E-state index contributed by atoms with van der Waals surface area (Å²) in [5, 5.41) is 5.32. The SMILES string of the molecule is Cc1ccc(S(=O)(=O)N/N=C2/CCCc3c2[nH]c2cc4c(cc32)OCO4)cc1. The molecular formula is C20H19N3O4S. The summed E-state index contributed by atoms with van der Waals surface area (Å²) in [5.74, 6) is 1.45. The summed E-state index contributed by atoms with van der Waals surface area (Å²) in [5.41, 5.74) is 4.64. The molecule has 2 aliphatic rings. The van der Waals surface area contributed by atoms with Crippen LogP contribution < -0.4 is 14.3 Å². The van der Waals surface area contributed by atoms with Crippen LogP contribution >= 0.6 is 0 Å². The van der Waals surface area contributed by atoms with E-state index in [0.717, 1.165) is 46.3 Å². The Balaban J connectivity index is 1.51. The Morgan fingerprint density at radius 3 is 2.61 bits per heavy atom. The van der Waals surface area contributed by atoms with Crippen molar-refractivity contribution in [2.24, 2.45) is 5.10 Å². The van der Waals surface area contributed by atoms with Crippen molar-refractivity contribution in [3.63, 3.8) is 0 Å². The van der Waals surface area contributed by atoms with Gasteiger partial charge in [-0.3, -0.25) is 0 Å². The molecule has 3 aromatic rings. The fourth-order valence-electron chi connectivity index (χ4n) is 3.70. The second kappa shape index (κ2) is 6.27. The van der Waals surface area contributed by atoms with E-state index in [4.69, 9.17) is 9.47 Å². The first-order chi connectivity index (χ1) is 13.5. The molecule has 1 aliphatic carbocycles. The van der Waals surface area contributed by atoms with Gasteiger partial charge in [0.25, 0.3) is 10.0 Å². The lowest BCUT2D eigenvalue weighted by molar-refractivity contribution is 0.174. The van der Waals surface area contributed by atoms with Crippen LogP contribution in [0.1, 0.15) is 29.7 Å². The lowest BCUT2D eigenvalue weighted by atomic mass is 9.94. The number of aryl methyl sites for hydroxylation is 2. The molecule has 0 spiro atoms. The van der Waals surface area contributed by atoms with Gasteiger partial charge >= 0.3 is 0 Å². The number of aromatic nitrogens is 1. The van der Waals surface area contributed by atoms with Crippen LogP contribution in [0.3, 0.4) is 0 Å². The quantitative estimate of drug-likeness (QED) is 0.664. The van der Waals surface area contributed by atoms with E-state index in [1.54, 1.807) is 24.3 Å². The average molecular weight is 397 g/mol. The predicted molar refractivity (Wildman–Crippen MR) is 105 cm³/mol. The Kier molecular flexibility index (Phi) is 3.83. The molecule has 0 fully saturated rings. The number of H-pyrrole nitrogens is 1. The van der Waals surface area contributed by atoms with Crippen LogP contribution in [0.2, 0.25) is 0 Å². The highest BCUT2D eigenvalue weighted by Gasteiger charge is 2.24. The largest absolute Gasteiger partial charge is 0.454 e. The first kappa shape index (κ1) is 17.1. The second-order valence-electron chi connectivity index (χ2n) is 7.05. The van der Waals surface area contributed by atoms with Gasteiger partial charge in [0.05, 0.1) is 21.8 Å². The lowest BCUT2D eigenvalue weighted by Crippen LogP contribution is -2.22. The molecule has 2 heterocycles. The van der Waals surface area contributed by atoms with Crippen molar-refractivity contribution in [1.29, 1.82) is 0 Å². The summed E-state index contributed by atoms with van der Waals surface area (Å²) < 4.78 is 36.0. The smallest absolute Gasteiger partial charge is 0.276 e. The molecule has 0 atom stereocenters. The average Bonchev–Trinajstić information content (AvgIpc) is 3.28. The third kappa shape index (κ3) is 2.80. The van der Waals surface area contributed by atoms with Gasteiger partial charge in [-0.15, -0.1) is 0 Å². The molecule has 2 N–H and O–H groups in total. The third-order valence-electron chi connectivity index (χ3n) is 5.16. The van der Waals surface area contributed by atoms with Crippen LogP contribution in [-0.2, 0) is 16.4 Å². The first-order valence-corrected chi connectivity index (χ1v) is 10.6. The fourth-order valence-corrected chi connectivity index (χ4v) is 4.53. The molecule has 0 radical (unpaired) electrons. The number of nitrogens with one attached hydrogen (secondary N) is 2. The van der Waals surface area contributed by atoms with Gasteiger partial charge in [-0.2, -0.15) is 18.4 Å². The zero-order chi connectivity index (χ0) is 19.3. The van der Waals surface area contributed by atoms with Crippen LogP contribution in [0.5, 0.6) is 11.5 Å². The van der Waals surface area contributed by atoms with Gasteiger partial charge in [0.15, 0.2) is 11.5 Å². The Morgan fingerprint density at radius 2 is 1.82 bits per heavy atom. The number of benzene rings is 2. The van der Waals surface area contributed by atoms with Crippen LogP contribution in [0.25, 0.3) is 10.9 Å². The Bertz CT molecular complexity index is 1210. The van der Waals surface area contributed by atoms with Gasteiger partial charge in [-0.1, -0.05) is 17.7 Å². The first-order valence-electron chi connectivity index (χ1n) is 9.11. The molecule has 5 rings (SSSR count). The number of hydrazone groups is 1. The van der Waals surface area contributed by atoms with Crippen LogP contribution in [0.4, 0.5) is 0 Å². The Morgan fingerprint density at radius 1 is 1.07 bits per heavy atom. The topological polar surface area (TPSA) is 92.8 Å². The minimum atomic E-state index is -3.71. The molecule has 28 heavy (non-hydrogen) atoms. The van der Waals surface area contributed by atoms with Gasteiger partial charge in [0, 0.05) is 11.5 Å². The van der Waals surface area contributed by atoms with E-state index in [9.17, 15) is 8.42 Å². The molecule has 0 unspecified atom stereocenters. The van der Waals surface area contributed by atoms with E-state index in [-0.39, 0.29) is 11.7 Å². The monoisotopic (exact) mass is 397 g/mol.